The fourth-order valence-electron chi connectivity index (χ4n) is 2.69. The van der Waals surface area contributed by atoms with Crippen molar-refractivity contribution >= 4 is 34.1 Å². The minimum Gasteiger partial charge on any atom is -0.313 e. The van der Waals surface area contributed by atoms with Crippen molar-refractivity contribution in [3.05, 3.63) is 34.8 Å². The molecular formula is C17H21N5O2S. The molecule has 2 aromatic rings. The van der Waals surface area contributed by atoms with Crippen molar-refractivity contribution in [3.8, 4) is 0 Å². The summed E-state index contributed by atoms with van der Waals surface area (Å²) < 4.78 is 0. The molecule has 1 aliphatic rings. The number of rotatable bonds is 5. The third-order valence-corrected chi connectivity index (χ3v) is 4.83. The highest BCUT2D eigenvalue weighted by atomic mass is 32.1. The topological polar surface area (TPSA) is 78.4 Å². The van der Waals surface area contributed by atoms with Gasteiger partial charge in [-0.2, -0.15) is 0 Å². The number of amides is 3. The van der Waals surface area contributed by atoms with Gasteiger partial charge in [0, 0.05) is 18.8 Å². The smallest absolute Gasteiger partial charge is 0.313 e. The van der Waals surface area contributed by atoms with Crippen LogP contribution in [0.1, 0.15) is 30.3 Å². The van der Waals surface area contributed by atoms with Crippen molar-refractivity contribution in [3.63, 3.8) is 0 Å². The maximum Gasteiger partial charge on any atom is 0.325 e. The molecule has 1 N–H and O–H groups in total. The summed E-state index contributed by atoms with van der Waals surface area (Å²) in [5.74, 6) is 0.189. The van der Waals surface area contributed by atoms with E-state index < -0.39 is 0 Å². The number of aryl methyl sites for hydroxylation is 1. The van der Waals surface area contributed by atoms with Crippen LogP contribution in [0.4, 0.5) is 15.6 Å². The van der Waals surface area contributed by atoms with Crippen LogP contribution in [0.25, 0.3) is 0 Å². The van der Waals surface area contributed by atoms with Gasteiger partial charge in [-0.1, -0.05) is 37.3 Å². The van der Waals surface area contributed by atoms with Crippen LogP contribution in [-0.2, 0) is 4.79 Å². The molecule has 1 aromatic heterocycles. The van der Waals surface area contributed by atoms with E-state index in [1.54, 1.807) is 9.80 Å². The SMILES string of the molecule is Cc1nnc(NC(=O)CN2CCN(c3ccc(C(C)C)cc3)C2=O)s1. The van der Waals surface area contributed by atoms with Gasteiger partial charge in [-0.05, 0) is 30.5 Å². The lowest BCUT2D eigenvalue weighted by molar-refractivity contribution is -0.116. The van der Waals surface area contributed by atoms with E-state index in [1.807, 2.05) is 31.2 Å². The van der Waals surface area contributed by atoms with E-state index in [0.717, 1.165) is 10.7 Å². The summed E-state index contributed by atoms with van der Waals surface area (Å²) in [7, 11) is 0. The molecule has 3 amide bonds. The first kappa shape index (κ1) is 17.3. The van der Waals surface area contributed by atoms with Gasteiger partial charge < -0.3 is 4.90 Å². The fourth-order valence-corrected chi connectivity index (χ4v) is 3.30. The van der Waals surface area contributed by atoms with Gasteiger partial charge in [-0.25, -0.2) is 4.79 Å². The van der Waals surface area contributed by atoms with E-state index in [0.29, 0.717) is 24.1 Å². The molecule has 0 unspecified atom stereocenters. The predicted octanol–water partition coefficient (Wildman–Crippen LogP) is 2.85. The summed E-state index contributed by atoms with van der Waals surface area (Å²) in [4.78, 5) is 27.9. The van der Waals surface area contributed by atoms with Gasteiger partial charge in [0.05, 0.1) is 0 Å². The molecule has 3 rings (SSSR count). The number of urea groups is 1. The number of benzene rings is 1. The maximum atomic E-state index is 12.6. The number of aromatic nitrogens is 2. The van der Waals surface area contributed by atoms with Gasteiger partial charge in [-0.15, -0.1) is 10.2 Å². The first-order valence-corrected chi connectivity index (χ1v) is 9.02. The zero-order valence-corrected chi connectivity index (χ0v) is 15.3. The average molecular weight is 359 g/mol. The largest absolute Gasteiger partial charge is 0.325 e. The number of nitrogens with zero attached hydrogens (tertiary/aromatic N) is 4. The minimum absolute atomic E-state index is 0.0119. The normalized spacial score (nSPS) is 14.5. The summed E-state index contributed by atoms with van der Waals surface area (Å²) in [5, 5.41) is 11.6. The molecule has 1 saturated heterocycles. The number of hydrogen-bond donors (Lipinski definition) is 1. The Hall–Kier alpha value is -2.48. The molecule has 0 atom stereocenters. The average Bonchev–Trinajstić information content (AvgIpc) is 3.14. The molecule has 0 aliphatic carbocycles. The van der Waals surface area contributed by atoms with Crippen molar-refractivity contribution in [2.24, 2.45) is 0 Å². The van der Waals surface area contributed by atoms with Gasteiger partial charge in [0.15, 0.2) is 0 Å². The molecule has 1 aromatic carbocycles. The maximum absolute atomic E-state index is 12.6. The first-order valence-electron chi connectivity index (χ1n) is 8.20. The monoisotopic (exact) mass is 359 g/mol. The number of anilines is 2. The standard InChI is InChI=1S/C17H21N5O2S/c1-11(2)13-4-6-14(7-5-13)22-9-8-21(17(22)24)10-15(23)18-16-20-19-12(3)25-16/h4-7,11H,8-10H2,1-3H3,(H,18,20,23). The quantitative estimate of drug-likeness (QED) is 0.890. The van der Waals surface area contributed by atoms with Crippen LogP contribution in [0.15, 0.2) is 24.3 Å². The van der Waals surface area contributed by atoms with Crippen molar-refractivity contribution in [2.45, 2.75) is 26.7 Å². The van der Waals surface area contributed by atoms with Crippen molar-refractivity contribution in [2.75, 3.05) is 29.9 Å². The van der Waals surface area contributed by atoms with Crippen LogP contribution in [0.2, 0.25) is 0 Å². The van der Waals surface area contributed by atoms with E-state index in [-0.39, 0.29) is 18.5 Å². The molecule has 25 heavy (non-hydrogen) atoms. The van der Waals surface area contributed by atoms with E-state index >= 15 is 0 Å². The Kier molecular flexibility index (Phi) is 4.98. The summed E-state index contributed by atoms with van der Waals surface area (Å²) in [6, 6.07) is 7.85. The Bertz CT molecular complexity index is 772. The summed E-state index contributed by atoms with van der Waals surface area (Å²) >= 11 is 1.31. The van der Waals surface area contributed by atoms with E-state index in [2.05, 4.69) is 29.4 Å². The van der Waals surface area contributed by atoms with Gasteiger partial charge in [-0.3, -0.25) is 15.0 Å². The Morgan fingerprint density at radius 3 is 2.56 bits per heavy atom. The zero-order chi connectivity index (χ0) is 18.0. The molecule has 1 fully saturated rings. The van der Waals surface area contributed by atoms with Gasteiger partial charge in [0.2, 0.25) is 11.0 Å². The first-order chi connectivity index (χ1) is 11.9. The number of hydrogen-bond acceptors (Lipinski definition) is 5. The van der Waals surface area contributed by atoms with Gasteiger partial charge >= 0.3 is 6.03 Å². The molecule has 7 nitrogen and oxygen atoms in total. The Morgan fingerprint density at radius 1 is 1.24 bits per heavy atom. The molecule has 0 radical (unpaired) electrons. The third-order valence-electron chi connectivity index (χ3n) is 4.07. The Morgan fingerprint density at radius 2 is 1.96 bits per heavy atom. The zero-order valence-electron chi connectivity index (χ0n) is 14.5. The molecule has 0 spiro atoms. The van der Waals surface area contributed by atoms with Gasteiger partial charge in [0.1, 0.15) is 11.6 Å². The predicted molar refractivity (Wildman–Crippen MR) is 98.1 cm³/mol. The third kappa shape index (κ3) is 3.96. The highest BCUT2D eigenvalue weighted by Gasteiger charge is 2.31. The second kappa shape index (κ2) is 7.18. The number of nitrogens with one attached hydrogen (secondary N) is 1. The summed E-state index contributed by atoms with van der Waals surface area (Å²) in [6.45, 7) is 7.20. The van der Waals surface area contributed by atoms with Crippen LogP contribution in [-0.4, -0.2) is 46.7 Å². The van der Waals surface area contributed by atoms with Crippen LogP contribution >= 0.6 is 11.3 Å². The second-order valence-corrected chi connectivity index (χ2v) is 7.46. The lowest BCUT2D eigenvalue weighted by atomic mass is 10.0. The second-order valence-electron chi connectivity index (χ2n) is 6.28. The van der Waals surface area contributed by atoms with E-state index in [9.17, 15) is 9.59 Å². The fraction of sp³-hybridized carbons (Fsp3) is 0.412. The van der Waals surface area contributed by atoms with Crippen LogP contribution < -0.4 is 10.2 Å². The minimum atomic E-state index is -0.262. The lowest BCUT2D eigenvalue weighted by Gasteiger charge is -2.18. The molecule has 8 heteroatoms. The van der Waals surface area contributed by atoms with Crippen molar-refractivity contribution in [1.29, 1.82) is 0 Å². The molecule has 1 aliphatic heterocycles. The van der Waals surface area contributed by atoms with E-state index in [1.165, 1.54) is 16.9 Å². The molecule has 132 valence electrons. The lowest BCUT2D eigenvalue weighted by Crippen LogP contribution is -2.37. The van der Waals surface area contributed by atoms with Crippen LogP contribution in [0.3, 0.4) is 0 Å². The highest BCUT2D eigenvalue weighted by Crippen LogP contribution is 2.23. The molecule has 0 bridgehead atoms. The summed E-state index contributed by atoms with van der Waals surface area (Å²) in [6.07, 6.45) is 0. The highest BCUT2D eigenvalue weighted by molar-refractivity contribution is 7.15. The van der Waals surface area contributed by atoms with Crippen molar-refractivity contribution in [1.82, 2.24) is 15.1 Å². The Labute approximate surface area is 150 Å². The Balaban J connectivity index is 1.60. The molecule has 0 saturated carbocycles. The number of carbonyl (C=O) groups excluding carboxylic acids is 2. The number of carbonyl (C=O) groups is 2. The van der Waals surface area contributed by atoms with Gasteiger partial charge in [0.25, 0.3) is 0 Å². The van der Waals surface area contributed by atoms with Crippen LogP contribution in [0, 0.1) is 6.92 Å². The van der Waals surface area contributed by atoms with Crippen LogP contribution in [0.5, 0.6) is 0 Å². The van der Waals surface area contributed by atoms with Crippen molar-refractivity contribution < 1.29 is 9.59 Å². The molecule has 2 heterocycles. The molecular weight excluding hydrogens is 338 g/mol. The summed E-state index contributed by atoms with van der Waals surface area (Å²) in [5.41, 5.74) is 2.09. The van der Waals surface area contributed by atoms with E-state index in [4.69, 9.17) is 0 Å².